The highest BCUT2D eigenvalue weighted by molar-refractivity contribution is 6.00. The van der Waals surface area contributed by atoms with Crippen molar-refractivity contribution in [2.75, 3.05) is 11.4 Å². The lowest BCUT2D eigenvalue weighted by Gasteiger charge is -2.31. The van der Waals surface area contributed by atoms with Gasteiger partial charge in [0.15, 0.2) is 5.78 Å². The molecule has 0 bridgehead atoms. The average molecular weight is 249 g/mol. The van der Waals surface area contributed by atoms with E-state index >= 15 is 0 Å². The molecule has 2 rings (SSSR count). The molecule has 1 unspecified atom stereocenters. The molecule has 0 radical (unpaired) electrons. The zero-order chi connectivity index (χ0) is 13.3. The number of anilines is 1. The van der Waals surface area contributed by atoms with Crippen LogP contribution in [0.3, 0.4) is 0 Å². The number of rotatable bonds is 3. The van der Waals surface area contributed by atoms with Crippen LogP contribution in [0, 0.1) is 11.7 Å². The quantitative estimate of drug-likeness (QED) is 0.762. The monoisotopic (exact) mass is 249 g/mol. The summed E-state index contributed by atoms with van der Waals surface area (Å²) in [5, 5.41) is 0. The van der Waals surface area contributed by atoms with Gasteiger partial charge in [0.1, 0.15) is 5.82 Å². The molecule has 0 amide bonds. The van der Waals surface area contributed by atoms with Crippen LogP contribution >= 0.6 is 0 Å². The summed E-state index contributed by atoms with van der Waals surface area (Å²) in [5.74, 6) is -0.0949. The lowest BCUT2D eigenvalue weighted by atomic mass is 10.00. The third kappa shape index (κ3) is 2.26. The Morgan fingerprint density at radius 2 is 2.17 bits per heavy atom. The molecule has 0 aliphatic carbocycles. The van der Waals surface area contributed by atoms with E-state index in [1.165, 1.54) is 13.0 Å². The number of hydrogen-bond acceptors (Lipinski definition) is 2. The molecular weight excluding hydrogens is 229 g/mol. The SMILES string of the molecule is CC(=O)c1c(F)cccc1N1CCCC1C(C)C. The van der Waals surface area contributed by atoms with Crippen molar-refractivity contribution in [3.63, 3.8) is 0 Å². The van der Waals surface area contributed by atoms with Crippen LogP contribution < -0.4 is 4.90 Å². The van der Waals surface area contributed by atoms with E-state index in [1.54, 1.807) is 6.07 Å². The van der Waals surface area contributed by atoms with Crippen molar-refractivity contribution < 1.29 is 9.18 Å². The van der Waals surface area contributed by atoms with Crippen molar-refractivity contribution in [3.8, 4) is 0 Å². The zero-order valence-corrected chi connectivity index (χ0v) is 11.2. The summed E-state index contributed by atoms with van der Waals surface area (Å²) >= 11 is 0. The van der Waals surface area contributed by atoms with Gasteiger partial charge in [0.2, 0.25) is 0 Å². The summed E-state index contributed by atoms with van der Waals surface area (Å²) in [4.78, 5) is 13.9. The first-order valence-electron chi connectivity index (χ1n) is 6.58. The van der Waals surface area contributed by atoms with Crippen molar-refractivity contribution in [2.45, 2.75) is 39.7 Å². The zero-order valence-electron chi connectivity index (χ0n) is 11.2. The van der Waals surface area contributed by atoms with Crippen molar-refractivity contribution in [1.82, 2.24) is 0 Å². The Bertz CT molecular complexity index is 456. The molecule has 1 fully saturated rings. The summed E-state index contributed by atoms with van der Waals surface area (Å²) in [5.41, 5.74) is 1.00. The van der Waals surface area contributed by atoms with E-state index in [-0.39, 0.29) is 11.3 Å². The average Bonchev–Trinajstić information content (AvgIpc) is 2.76. The second kappa shape index (κ2) is 5.09. The van der Waals surface area contributed by atoms with Crippen molar-refractivity contribution in [3.05, 3.63) is 29.6 Å². The van der Waals surface area contributed by atoms with Crippen LogP contribution in [-0.2, 0) is 0 Å². The van der Waals surface area contributed by atoms with Gasteiger partial charge in [-0.2, -0.15) is 0 Å². The maximum absolute atomic E-state index is 13.8. The molecule has 1 heterocycles. The number of hydrogen-bond donors (Lipinski definition) is 0. The number of Topliss-reactive ketones (excluding diaryl/α,β-unsaturated/α-hetero) is 1. The van der Waals surface area contributed by atoms with Gasteiger partial charge in [-0.05, 0) is 37.8 Å². The fourth-order valence-electron chi connectivity index (χ4n) is 2.89. The van der Waals surface area contributed by atoms with Gasteiger partial charge in [0.05, 0.1) is 11.3 Å². The van der Waals surface area contributed by atoms with Crippen LogP contribution in [0.4, 0.5) is 10.1 Å². The third-order valence-electron chi connectivity index (χ3n) is 3.72. The van der Waals surface area contributed by atoms with Gasteiger partial charge in [0, 0.05) is 12.6 Å². The van der Waals surface area contributed by atoms with Gasteiger partial charge >= 0.3 is 0 Å². The largest absolute Gasteiger partial charge is 0.368 e. The maximum atomic E-state index is 13.8. The predicted octanol–water partition coefficient (Wildman–Crippen LogP) is 3.65. The molecule has 98 valence electrons. The molecule has 1 aromatic rings. The number of carbonyl (C=O) groups excluding carboxylic acids is 1. The minimum absolute atomic E-state index is 0.197. The topological polar surface area (TPSA) is 20.3 Å². The van der Waals surface area contributed by atoms with Crippen LogP contribution in [0.15, 0.2) is 18.2 Å². The van der Waals surface area contributed by atoms with Crippen molar-refractivity contribution in [2.24, 2.45) is 5.92 Å². The van der Waals surface area contributed by atoms with Gasteiger partial charge < -0.3 is 4.90 Å². The van der Waals surface area contributed by atoms with Crippen molar-refractivity contribution in [1.29, 1.82) is 0 Å². The maximum Gasteiger partial charge on any atom is 0.164 e. The number of ketones is 1. The lowest BCUT2D eigenvalue weighted by molar-refractivity contribution is 0.101. The summed E-state index contributed by atoms with van der Waals surface area (Å²) in [6.45, 7) is 6.69. The highest BCUT2D eigenvalue weighted by Gasteiger charge is 2.30. The Hall–Kier alpha value is -1.38. The fraction of sp³-hybridized carbons (Fsp3) is 0.533. The summed E-state index contributed by atoms with van der Waals surface area (Å²) in [6, 6.07) is 5.32. The fourth-order valence-corrected chi connectivity index (χ4v) is 2.89. The van der Waals surface area contributed by atoms with E-state index in [0.29, 0.717) is 12.0 Å². The van der Waals surface area contributed by atoms with E-state index in [9.17, 15) is 9.18 Å². The van der Waals surface area contributed by atoms with E-state index in [4.69, 9.17) is 0 Å². The lowest BCUT2D eigenvalue weighted by Crippen LogP contribution is -2.34. The van der Waals surface area contributed by atoms with Gasteiger partial charge in [-0.1, -0.05) is 19.9 Å². The minimum atomic E-state index is -0.408. The Morgan fingerprint density at radius 1 is 1.44 bits per heavy atom. The summed E-state index contributed by atoms with van der Waals surface area (Å²) in [6.07, 6.45) is 2.22. The number of nitrogens with zero attached hydrogens (tertiary/aromatic N) is 1. The highest BCUT2D eigenvalue weighted by atomic mass is 19.1. The predicted molar refractivity (Wildman–Crippen MR) is 71.6 cm³/mol. The Morgan fingerprint density at radius 3 is 2.78 bits per heavy atom. The van der Waals surface area contributed by atoms with Crippen LogP contribution in [0.25, 0.3) is 0 Å². The third-order valence-corrected chi connectivity index (χ3v) is 3.72. The second-order valence-corrected chi connectivity index (χ2v) is 5.34. The molecule has 0 saturated carbocycles. The number of benzene rings is 1. The first-order chi connectivity index (χ1) is 8.52. The molecule has 2 nitrogen and oxygen atoms in total. The molecule has 0 N–H and O–H groups in total. The molecule has 1 aliphatic heterocycles. The highest BCUT2D eigenvalue weighted by Crippen LogP contribution is 2.33. The van der Waals surface area contributed by atoms with Gasteiger partial charge in [-0.3, -0.25) is 4.79 Å². The Kier molecular flexibility index (Phi) is 3.69. The second-order valence-electron chi connectivity index (χ2n) is 5.34. The van der Waals surface area contributed by atoms with E-state index in [2.05, 4.69) is 18.7 Å². The minimum Gasteiger partial charge on any atom is -0.368 e. The van der Waals surface area contributed by atoms with Crippen LogP contribution in [0.1, 0.15) is 44.0 Å². The molecule has 1 atom stereocenters. The number of carbonyl (C=O) groups is 1. The molecular formula is C15H20FNO. The first-order valence-corrected chi connectivity index (χ1v) is 6.58. The molecule has 1 aliphatic rings. The first kappa shape index (κ1) is 13.1. The molecule has 1 saturated heterocycles. The van der Waals surface area contributed by atoms with Crippen LogP contribution in [-0.4, -0.2) is 18.4 Å². The van der Waals surface area contributed by atoms with E-state index in [0.717, 1.165) is 25.1 Å². The molecule has 3 heteroatoms. The van der Waals surface area contributed by atoms with Gasteiger partial charge in [-0.15, -0.1) is 0 Å². The molecule has 1 aromatic carbocycles. The summed E-state index contributed by atoms with van der Waals surface area (Å²) in [7, 11) is 0. The van der Waals surface area contributed by atoms with Crippen LogP contribution in [0.5, 0.6) is 0 Å². The normalized spacial score (nSPS) is 19.6. The smallest absolute Gasteiger partial charge is 0.164 e. The Labute approximate surface area is 108 Å². The molecule has 0 spiro atoms. The van der Waals surface area contributed by atoms with E-state index < -0.39 is 5.82 Å². The Balaban J connectivity index is 2.44. The molecule has 18 heavy (non-hydrogen) atoms. The van der Waals surface area contributed by atoms with E-state index in [1.807, 2.05) is 6.07 Å². The molecule has 0 aromatic heterocycles. The standard InChI is InChI=1S/C15H20FNO/c1-10(2)13-8-5-9-17(13)14-7-4-6-12(16)15(14)11(3)18/h4,6-7,10,13H,5,8-9H2,1-3H3. The summed E-state index contributed by atoms with van der Waals surface area (Å²) < 4.78 is 13.8. The van der Waals surface area contributed by atoms with Crippen molar-refractivity contribution >= 4 is 11.5 Å². The van der Waals surface area contributed by atoms with Gasteiger partial charge in [0.25, 0.3) is 0 Å². The van der Waals surface area contributed by atoms with Crippen LogP contribution in [0.2, 0.25) is 0 Å². The number of halogens is 1. The van der Waals surface area contributed by atoms with Gasteiger partial charge in [-0.25, -0.2) is 4.39 Å².